The summed E-state index contributed by atoms with van der Waals surface area (Å²) in [6.45, 7) is 6.26. The lowest BCUT2D eigenvalue weighted by atomic mass is 9.65. The summed E-state index contributed by atoms with van der Waals surface area (Å²) in [6.07, 6.45) is 2.54. The van der Waals surface area contributed by atoms with E-state index in [2.05, 4.69) is 24.5 Å². The van der Waals surface area contributed by atoms with E-state index in [-0.39, 0.29) is 41.5 Å². The average Bonchev–Trinajstić information content (AvgIpc) is 3.53. The zero-order chi connectivity index (χ0) is 27.7. The molecule has 2 aromatic carbocycles. The zero-order valence-corrected chi connectivity index (χ0v) is 23.7. The van der Waals surface area contributed by atoms with Crippen molar-refractivity contribution in [2.75, 3.05) is 6.61 Å². The maximum Gasteiger partial charge on any atom is 0.244 e. The number of benzene rings is 2. The number of rotatable bonds is 10. The molecule has 2 aromatic rings. The van der Waals surface area contributed by atoms with Crippen molar-refractivity contribution in [2.24, 2.45) is 17.8 Å². The maximum atomic E-state index is 14.4. The van der Waals surface area contributed by atoms with Gasteiger partial charge in [-0.15, -0.1) is 11.8 Å². The molecule has 3 aliphatic heterocycles. The molecule has 0 saturated carbocycles. The summed E-state index contributed by atoms with van der Waals surface area (Å²) in [5.74, 6) is -1.61. The van der Waals surface area contributed by atoms with E-state index in [1.807, 2.05) is 67.6 Å². The van der Waals surface area contributed by atoms with Crippen LogP contribution in [0.1, 0.15) is 57.2 Å². The minimum absolute atomic E-state index is 0.0282. The Balaban J connectivity index is 1.52. The van der Waals surface area contributed by atoms with Crippen molar-refractivity contribution >= 4 is 29.5 Å². The topological polar surface area (TPSA) is 98.7 Å². The van der Waals surface area contributed by atoms with Crippen LogP contribution >= 0.6 is 11.8 Å². The van der Waals surface area contributed by atoms with Crippen LogP contribution in [0.2, 0.25) is 0 Å². The van der Waals surface area contributed by atoms with Crippen molar-refractivity contribution in [3.05, 3.63) is 71.8 Å². The van der Waals surface area contributed by atoms with Crippen LogP contribution in [0.4, 0.5) is 0 Å². The number of fused-ring (bicyclic) bond motifs is 1. The van der Waals surface area contributed by atoms with Gasteiger partial charge in [-0.05, 0) is 36.8 Å². The third-order valence-corrected chi connectivity index (χ3v) is 10.9. The van der Waals surface area contributed by atoms with E-state index >= 15 is 0 Å². The number of aliphatic hydroxyl groups is 1. The summed E-state index contributed by atoms with van der Waals surface area (Å²) in [7, 11) is 0. The summed E-state index contributed by atoms with van der Waals surface area (Å²) in [5, 5.41) is 16.8. The third kappa shape index (κ3) is 4.76. The third-order valence-electron chi connectivity index (χ3n) is 8.85. The highest BCUT2D eigenvalue weighted by atomic mass is 32.2. The van der Waals surface area contributed by atoms with Gasteiger partial charge < -0.3 is 20.6 Å². The molecule has 8 heteroatoms. The highest BCUT2D eigenvalue weighted by Gasteiger charge is 2.76. The number of amides is 3. The summed E-state index contributed by atoms with van der Waals surface area (Å²) in [4.78, 5) is 43.9. The Morgan fingerprint density at radius 3 is 2.41 bits per heavy atom. The minimum Gasteiger partial charge on any atom is -0.394 e. The molecule has 2 bridgehead atoms. The zero-order valence-electron chi connectivity index (χ0n) is 22.9. The van der Waals surface area contributed by atoms with E-state index in [0.717, 1.165) is 30.4 Å². The van der Waals surface area contributed by atoms with Crippen molar-refractivity contribution in [3.8, 4) is 0 Å². The Bertz CT molecular complexity index is 1190. The van der Waals surface area contributed by atoms with Gasteiger partial charge in [0.05, 0.1) is 29.2 Å². The van der Waals surface area contributed by atoms with Gasteiger partial charge in [0.15, 0.2) is 0 Å². The smallest absolute Gasteiger partial charge is 0.244 e. The van der Waals surface area contributed by atoms with E-state index in [4.69, 9.17) is 0 Å². The molecule has 5 rings (SSSR count). The predicted octanol–water partition coefficient (Wildman–Crippen LogP) is 3.68. The van der Waals surface area contributed by atoms with Gasteiger partial charge in [0.1, 0.15) is 6.04 Å². The van der Waals surface area contributed by atoms with Crippen LogP contribution in [0.5, 0.6) is 0 Å². The Kier molecular flexibility index (Phi) is 8.06. The molecule has 8 atom stereocenters. The van der Waals surface area contributed by atoms with Gasteiger partial charge in [0.2, 0.25) is 17.7 Å². The second-order valence-electron chi connectivity index (χ2n) is 11.3. The normalized spacial score (nSPS) is 30.6. The molecule has 0 aliphatic carbocycles. The van der Waals surface area contributed by atoms with Crippen molar-refractivity contribution in [1.82, 2.24) is 15.5 Å². The summed E-state index contributed by atoms with van der Waals surface area (Å²) in [6, 6.07) is 17.7. The van der Waals surface area contributed by atoms with Crippen LogP contribution in [-0.4, -0.2) is 56.4 Å². The van der Waals surface area contributed by atoms with Crippen LogP contribution < -0.4 is 10.6 Å². The predicted molar refractivity (Wildman–Crippen MR) is 153 cm³/mol. The molecule has 3 saturated heterocycles. The molecule has 3 N–H and O–H groups in total. The standard InChI is InChI=1S/C31H39N3O4S/c1-4-11-20(3)33-29(37)27-31-19(2)16-24(39-31)25(28(36)32-17-21-12-7-5-8-13-21)26(31)30(38)34(27)23(18-35)22-14-9-6-10-15-22/h5-10,12-15,19-20,23-27,35H,4,11,16-18H2,1-3H3,(H,32,36)(H,33,37)/t19?,20?,23-,24-,25+,26+,27?,31?/m1/s1. The van der Waals surface area contributed by atoms with E-state index in [1.165, 1.54) is 0 Å². The van der Waals surface area contributed by atoms with Gasteiger partial charge >= 0.3 is 0 Å². The highest BCUT2D eigenvalue weighted by Crippen LogP contribution is 2.69. The largest absolute Gasteiger partial charge is 0.394 e. The fourth-order valence-electron chi connectivity index (χ4n) is 7.15. The molecule has 3 amide bonds. The number of nitrogens with one attached hydrogen (secondary N) is 2. The first-order chi connectivity index (χ1) is 18.8. The Labute approximate surface area is 235 Å². The van der Waals surface area contributed by atoms with Crippen LogP contribution in [0, 0.1) is 17.8 Å². The van der Waals surface area contributed by atoms with Crippen molar-refractivity contribution in [2.45, 2.75) is 74.7 Å². The van der Waals surface area contributed by atoms with Gasteiger partial charge in [-0.25, -0.2) is 0 Å². The molecule has 3 fully saturated rings. The van der Waals surface area contributed by atoms with E-state index in [0.29, 0.717) is 6.54 Å². The van der Waals surface area contributed by atoms with Crippen LogP contribution in [0.25, 0.3) is 0 Å². The lowest BCUT2D eigenvalue weighted by Crippen LogP contribution is -2.58. The van der Waals surface area contributed by atoms with Gasteiger partial charge in [0, 0.05) is 17.8 Å². The van der Waals surface area contributed by atoms with E-state index in [9.17, 15) is 19.5 Å². The number of nitrogens with zero attached hydrogens (tertiary/aromatic N) is 1. The van der Waals surface area contributed by atoms with Crippen molar-refractivity contribution < 1.29 is 19.5 Å². The van der Waals surface area contributed by atoms with Crippen LogP contribution in [0.15, 0.2) is 60.7 Å². The first-order valence-corrected chi connectivity index (χ1v) is 15.0. The number of hydrogen-bond donors (Lipinski definition) is 3. The fourth-order valence-corrected chi connectivity index (χ4v) is 9.56. The van der Waals surface area contributed by atoms with Crippen LogP contribution in [-0.2, 0) is 20.9 Å². The lowest BCUT2D eigenvalue weighted by molar-refractivity contribution is -0.143. The number of thioether (sulfide) groups is 1. The SMILES string of the molecule is CCCC(C)NC(=O)C1N([C@H](CO)c2ccccc2)C(=O)[C@@H]2[C@@H](C(=O)NCc3ccccc3)[C@H]3CC(C)C12S3. The van der Waals surface area contributed by atoms with E-state index in [1.54, 1.807) is 16.7 Å². The minimum atomic E-state index is -0.774. The average molecular weight is 550 g/mol. The lowest BCUT2D eigenvalue weighted by Gasteiger charge is -2.40. The first kappa shape index (κ1) is 27.7. The number of likely N-dealkylation sites (tertiary alicyclic amines) is 1. The molecule has 4 unspecified atom stereocenters. The summed E-state index contributed by atoms with van der Waals surface area (Å²) >= 11 is 1.66. The second kappa shape index (κ2) is 11.3. The maximum absolute atomic E-state index is 14.4. The molecule has 3 heterocycles. The van der Waals surface area contributed by atoms with Crippen molar-refractivity contribution in [1.29, 1.82) is 0 Å². The molecule has 0 radical (unpaired) electrons. The summed E-state index contributed by atoms with van der Waals surface area (Å²) in [5.41, 5.74) is 1.78. The Morgan fingerprint density at radius 1 is 1.10 bits per heavy atom. The first-order valence-electron chi connectivity index (χ1n) is 14.1. The quantitative estimate of drug-likeness (QED) is 0.420. The number of carbonyl (C=O) groups excluding carboxylic acids is 3. The molecule has 39 heavy (non-hydrogen) atoms. The van der Waals surface area contributed by atoms with Gasteiger partial charge in [-0.3, -0.25) is 14.4 Å². The molecule has 3 aliphatic rings. The molecular formula is C31H39N3O4S. The number of carbonyl (C=O) groups is 3. The Hall–Kier alpha value is -2.84. The van der Waals surface area contributed by atoms with Gasteiger partial charge in [-0.2, -0.15) is 0 Å². The number of hydrogen-bond acceptors (Lipinski definition) is 5. The molecular weight excluding hydrogens is 510 g/mol. The highest BCUT2D eigenvalue weighted by molar-refractivity contribution is 8.02. The van der Waals surface area contributed by atoms with Gasteiger partial charge in [-0.1, -0.05) is 80.9 Å². The fraction of sp³-hybridized carbons (Fsp3) is 0.516. The molecule has 208 valence electrons. The Morgan fingerprint density at radius 2 is 1.77 bits per heavy atom. The monoisotopic (exact) mass is 549 g/mol. The molecule has 7 nitrogen and oxygen atoms in total. The molecule has 0 aromatic heterocycles. The molecule has 1 spiro atoms. The van der Waals surface area contributed by atoms with Gasteiger partial charge in [0.25, 0.3) is 0 Å². The van der Waals surface area contributed by atoms with E-state index < -0.39 is 28.7 Å². The number of aliphatic hydroxyl groups excluding tert-OH is 1. The summed E-state index contributed by atoms with van der Waals surface area (Å²) < 4.78 is -0.727. The second-order valence-corrected chi connectivity index (χ2v) is 12.9. The van der Waals surface area contributed by atoms with Crippen molar-refractivity contribution in [3.63, 3.8) is 0 Å². The van der Waals surface area contributed by atoms with Crippen LogP contribution in [0.3, 0.4) is 0 Å².